The molecule has 20 heavy (non-hydrogen) atoms. The SMILES string of the molecule is OC1CC(c2ccc(F)cc2F)Oc2ccc(Cl)cc21. The number of aliphatic hydroxyl groups is 1. The summed E-state index contributed by atoms with van der Waals surface area (Å²) in [5.41, 5.74) is 0.808. The molecule has 0 fully saturated rings. The molecule has 0 amide bonds. The topological polar surface area (TPSA) is 29.5 Å². The second kappa shape index (κ2) is 5.04. The van der Waals surface area contributed by atoms with Crippen LogP contribution in [0.25, 0.3) is 0 Å². The summed E-state index contributed by atoms with van der Waals surface area (Å²) in [6.45, 7) is 0. The maximum Gasteiger partial charge on any atom is 0.133 e. The van der Waals surface area contributed by atoms with Gasteiger partial charge in [0.2, 0.25) is 0 Å². The van der Waals surface area contributed by atoms with Crippen molar-refractivity contribution < 1.29 is 18.6 Å². The number of fused-ring (bicyclic) bond motifs is 1. The lowest BCUT2D eigenvalue weighted by atomic mass is 9.95. The second-order valence-electron chi connectivity index (χ2n) is 4.71. The fourth-order valence-corrected chi connectivity index (χ4v) is 2.55. The minimum absolute atomic E-state index is 0.190. The third-order valence-corrected chi connectivity index (χ3v) is 3.58. The molecule has 0 bridgehead atoms. The molecule has 1 aliphatic rings. The van der Waals surface area contributed by atoms with E-state index in [9.17, 15) is 13.9 Å². The first kappa shape index (κ1) is 13.3. The lowest BCUT2D eigenvalue weighted by Gasteiger charge is -2.30. The summed E-state index contributed by atoms with van der Waals surface area (Å²) in [4.78, 5) is 0. The van der Waals surface area contributed by atoms with E-state index in [0.717, 1.165) is 6.07 Å². The molecule has 5 heteroatoms. The molecule has 2 atom stereocenters. The number of rotatable bonds is 1. The van der Waals surface area contributed by atoms with Crippen LogP contribution < -0.4 is 4.74 Å². The summed E-state index contributed by atoms with van der Waals surface area (Å²) in [6, 6.07) is 8.21. The summed E-state index contributed by atoms with van der Waals surface area (Å²) < 4.78 is 32.4. The average Bonchev–Trinajstić information content (AvgIpc) is 2.39. The number of benzene rings is 2. The summed E-state index contributed by atoms with van der Waals surface area (Å²) in [7, 11) is 0. The van der Waals surface area contributed by atoms with E-state index in [4.69, 9.17) is 16.3 Å². The van der Waals surface area contributed by atoms with Crippen LogP contribution >= 0.6 is 11.6 Å². The fourth-order valence-electron chi connectivity index (χ4n) is 2.37. The lowest BCUT2D eigenvalue weighted by molar-refractivity contribution is 0.0640. The second-order valence-corrected chi connectivity index (χ2v) is 5.14. The normalized spacial score (nSPS) is 21.2. The van der Waals surface area contributed by atoms with Gasteiger partial charge in [0.25, 0.3) is 0 Å². The van der Waals surface area contributed by atoms with Gasteiger partial charge in [-0.05, 0) is 30.3 Å². The molecule has 0 saturated carbocycles. The molecule has 1 heterocycles. The van der Waals surface area contributed by atoms with Crippen LogP contribution in [-0.4, -0.2) is 5.11 Å². The van der Waals surface area contributed by atoms with Gasteiger partial charge in [0.15, 0.2) is 0 Å². The number of halogens is 3. The summed E-state index contributed by atoms with van der Waals surface area (Å²) >= 11 is 5.87. The van der Waals surface area contributed by atoms with Gasteiger partial charge in [0.1, 0.15) is 23.5 Å². The van der Waals surface area contributed by atoms with Crippen molar-refractivity contribution in [1.82, 2.24) is 0 Å². The Bertz CT molecular complexity index is 660. The van der Waals surface area contributed by atoms with Gasteiger partial charge in [0.05, 0.1) is 6.10 Å². The quantitative estimate of drug-likeness (QED) is 0.855. The molecular formula is C15H11ClF2O2. The van der Waals surface area contributed by atoms with Crippen LogP contribution in [0.15, 0.2) is 36.4 Å². The highest BCUT2D eigenvalue weighted by Crippen LogP contribution is 2.42. The Morgan fingerprint density at radius 1 is 1.10 bits per heavy atom. The Morgan fingerprint density at radius 2 is 1.90 bits per heavy atom. The Balaban J connectivity index is 1.97. The van der Waals surface area contributed by atoms with E-state index in [2.05, 4.69) is 0 Å². The summed E-state index contributed by atoms with van der Waals surface area (Å²) in [5, 5.41) is 10.6. The highest BCUT2D eigenvalue weighted by molar-refractivity contribution is 6.30. The van der Waals surface area contributed by atoms with Crippen molar-refractivity contribution in [1.29, 1.82) is 0 Å². The van der Waals surface area contributed by atoms with Gasteiger partial charge in [0, 0.05) is 28.6 Å². The smallest absolute Gasteiger partial charge is 0.133 e. The van der Waals surface area contributed by atoms with Crippen molar-refractivity contribution in [2.24, 2.45) is 0 Å². The molecule has 0 aromatic heterocycles. The Morgan fingerprint density at radius 3 is 2.65 bits per heavy atom. The zero-order valence-corrected chi connectivity index (χ0v) is 11.1. The minimum atomic E-state index is -0.799. The highest BCUT2D eigenvalue weighted by atomic mass is 35.5. The minimum Gasteiger partial charge on any atom is -0.485 e. The fraction of sp³-hybridized carbons (Fsp3) is 0.200. The summed E-state index contributed by atoms with van der Waals surface area (Å²) in [6.07, 6.45) is -1.26. The van der Waals surface area contributed by atoms with Crippen LogP contribution in [-0.2, 0) is 0 Å². The lowest BCUT2D eigenvalue weighted by Crippen LogP contribution is -2.20. The Kier molecular flexibility index (Phi) is 3.36. The predicted octanol–water partition coefficient (Wildman–Crippen LogP) is 4.18. The zero-order chi connectivity index (χ0) is 14.3. The highest BCUT2D eigenvalue weighted by Gasteiger charge is 2.29. The van der Waals surface area contributed by atoms with Crippen LogP contribution in [0.5, 0.6) is 5.75 Å². The van der Waals surface area contributed by atoms with Gasteiger partial charge < -0.3 is 9.84 Å². The van der Waals surface area contributed by atoms with E-state index >= 15 is 0 Å². The molecule has 2 unspecified atom stereocenters. The molecule has 2 aromatic rings. The monoisotopic (exact) mass is 296 g/mol. The van der Waals surface area contributed by atoms with Crippen molar-refractivity contribution in [3.63, 3.8) is 0 Å². The van der Waals surface area contributed by atoms with Crippen molar-refractivity contribution in [2.75, 3.05) is 0 Å². The number of aliphatic hydroxyl groups excluding tert-OH is 1. The molecular weight excluding hydrogens is 286 g/mol. The van der Waals surface area contributed by atoms with E-state index in [0.29, 0.717) is 16.3 Å². The van der Waals surface area contributed by atoms with Crippen molar-refractivity contribution >= 4 is 11.6 Å². The van der Waals surface area contributed by atoms with Gasteiger partial charge >= 0.3 is 0 Å². The van der Waals surface area contributed by atoms with E-state index < -0.39 is 23.8 Å². The molecule has 1 N–H and O–H groups in total. The first-order valence-electron chi connectivity index (χ1n) is 6.13. The van der Waals surface area contributed by atoms with Gasteiger partial charge in [-0.25, -0.2) is 8.78 Å². The third-order valence-electron chi connectivity index (χ3n) is 3.35. The largest absolute Gasteiger partial charge is 0.485 e. The molecule has 1 aliphatic heterocycles. The first-order valence-corrected chi connectivity index (χ1v) is 6.51. The molecule has 0 aliphatic carbocycles. The number of hydrogen-bond donors (Lipinski definition) is 1. The maximum absolute atomic E-state index is 13.8. The molecule has 2 nitrogen and oxygen atoms in total. The average molecular weight is 297 g/mol. The predicted molar refractivity (Wildman–Crippen MR) is 70.8 cm³/mol. The van der Waals surface area contributed by atoms with Crippen molar-refractivity contribution in [2.45, 2.75) is 18.6 Å². The molecule has 104 valence electrons. The van der Waals surface area contributed by atoms with Crippen LogP contribution in [0.2, 0.25) is 5.02 Å². The number of hydrogen-bond acceptors (Lipinski definition) is 2. The zero-order valence-electron chi connectivity index (χ0n) is 10.3. The molecule has 0 saturated heterocycles. The van der Waals surface area contributed by atoms with Crippen LogP contribution in [0, 0.1) is 11.6 Å². The third kappa shape index (κ3) is 2.37. The van der Waals surface area contributed by atoms with Crippen LogP contribution in [0.3, 0.4) is 0 Å². The van der Waals surface area contributed by atoms with E-state index in [1.54, 1.807) is 18.2 Å². The van der Waals surface area contributed by atoms with Crippen LogP contribution in [0.4, 0.5) is 8.78 Å². The Hall–Kier alpha value is -1.65. The van der Waals surface area contributed by atoms with Crippen LogP contribution in [0.1, 0.15) is 29.8 Å². The first-order chi connectivity index (χ1) is 9.54. The van der Waals surface area contributed by atoms with Crippen molar-refractivity contribution in [3.05, 3.63) is 64.2 Å². The standard InChI is InChI=1S/C15H11ClF2O2/c16-8-1-4-14-11(5-8)13(19)7-15(20-14)10-3-2-9(17)6-12(10)18/h1-6,13,15,19H,7H2. The van der Waals surface area contributed by atoms with E-state index in [1.165, 1.54) is 12.1 Å². The van der Waals surface area contributed by atoms with Gasteiger partial charge in [-0.3, -0.25) is 0 Å². The molecule has 3 rings (SSSR count). The molecule has 0 spiro atoms. The molecule has 2 aromatic carbocycles. The van der Waals surface area contributed by atoms with Gasteiger partial charge in [-0.2, -0.15) is 0 Å². The van der Waals surface area contributed by atoms with Gasteiger partial charge in [-0.15, -0.1) is 0 Å². The Labute approximate surface area is 119 Å². The van der Waals surface area contributed by atoms with E-state index in [1.807, 2.05) is 0 Å². The number of ether oxygens (including phenoxy) is 1. The summed E-state index contributed by atoms with van der Waals surface area (Å²) in [5.74, 6) is -0.865. The maximum atomic E-state index is 13.8. The molecule has 0 radical (unpaired) electrons. The van der Waals surface area contributed by atoms with Crippen molar-refractivity contribution in [3.8, 4) is 5.75 Å². The van der Waals surface area contributed by atoms with Gasteiger partial charge in [-0.1, -0.05) is 11.6 Å². The van der Waals surface area contributed by atoms with E-state index in [-0.39, 0.29) is 12.0 Å².